The number of aliphatic hydroxyl groups is 1. The van der Waals surface area contributed by atoms with Crippen molar-refractivity contribution in [2.24, 2.45) is 0 Å². The van der Waals surface area contributed by atoms with E-state index in [1.807, 2.05) is 10.6 Å². The highest BCUT2D eigenvalue weighted by Crippen LogP contribution is 2.06. The predicted molar refractivity (Wildman–Crippen MR) is 101 cm³/mol. The number of aliphatic carboxylic acids is 3. The second kappa shape index (κ2) is 11.8. The third-order valence-corrected chi connectivity index (χ3v) is 4.45. The minimum absolute atomic E-state index is 0.479. The van der Waals surface area contributed by atoms with Crippen molar-refractivity contribution in [3.63, 3.8) is 0 Å². The minimum atomic E-state index is -1.79. The van der Waals surface area contributed by atoms with Gasteiger partial charge in [-0.2, -0.15) is 0 Å². The zero-order valence-corrected chi connectivity index (χ0v) is 16.7. The van der Waals surface area contributed by atoms with Crippen molar-refractivity contribution in [2.45, 2.75) is 62.9 Å². The van der Waals surface area contributed by atoms with Crippen molar-refractivity contribution in [3.05, 3.63) is 0 Å². The van der Waals surface area contributed by atoms with Gasteiger partial charge in [0.15, 0.2) is 6.04 Å². The molecule has 14 nitrogen and oxygen atoms in total. The average Bonchev–Trinajstić information content (AvgIpc) is 3.18. The molecule has 0 aromatic rings. The maximum absolute atomic E-state index is 12.5. The van der Waals surface area contributed by atoms with Crippen LogP contribution in [-0.2, 0) is 28.8 Å². The molecule has 1 aliphatic heterocycles. The van der Waals surface area contributed by atoms with Gasteiger partial charge in [0.2, 0.25) is 17.7 Å². The van der Waals surface area contributed by atoms with Gasteiger partial charge in [0.1, 0.15) is 12.1 Å². The highest BCUT2D eigenvalue weighted by molar-refractivity contribution is 5.96. The normalized spacial score (nSPS) is 19.4. The Morgan fingerprint density at radius 3 is 1.84 bits per heavy atom. The standard InChI is InChI=1S/C17H26N4O10/c1-7(22)13(17(30)31)21-16(29)10(6-12(25)26)20-15(28)9(5-11(23)24)19-14(27)8-3-2-4-18-8/h7-10,13,18,22H,2-6H2,1H3,(H,19,27)(H,20,28)(H,21,29)(H,23,24)(H,25,26)(H,30,31). The number of amides is 3. The summed E-state index contributed by atoms with van der Waals surface area (Å²) < 4.78 is 0. The molecule has 14 heteroatoms. The fourth-order valence-electron chi connectivity index (χ4n) is 2.86. The molecular formula is C17H26N4O10. The van der Waals surface area contributed by atoms with Gasteiger partial charge < -0.3 is 41.7 Å². The van der Waals surface area contributed by atoms with Gasteiger partial charge in [-0.05, 0) is 26.3 Å². The summed E-state index contributed by atoms with van der Waals surface area (Å²) in [7, 11) is 0. The largest absolute Gasteiger partial charge is 0.481 e. The van der Waals surface area contributed by atoms with Crippen molar-refractivity contribution in [1.29, 1.82) is 0 Å². The topological polar surface area (TPSA) is 231 Å². The summed E-state index contributed by atoms with van der Waals surface area (Å²) in [4.78, 5) is 70.4. The Morgan fingerprint density at radius 1 is 0.903 bits per heavy atom. The first kappa shape index (κ1) is 25.8. The number of carboxylic acid groups (broad SMARTS) is 3. The Morgan fingerprint density at radius 2 is 1.42 bits per heavy atom. The Hall–Kier alpha value is -3.26. The summed E-state index contributed by atoms with van der Waals surface area (Å²) in [6.07, 6.45) is -2.13. The predicted octanol–water partition coefficient (Wildman–Crippen LogP) is -3.39. The molecule has 1 rings (SSSR count). The van der Waals surface area contributed by atoms with Crippen LogP contribution in [0.5, 0.6) is 0 Å². The minimum Gasteiger partial charge on any atom is -0.481 e. The van der Waals surface area contributed by atoms with Crippen molar-refractivity contribution in [2.75, 3.05) is 6.54 Å². The molecule has 0 bridgehead atoms. The third-order valence-electron chi connectivity index (χ3n) is 4.45. The van der Waals surface area contributed by atoms with Gasteiger partial charge in [0.05, 0.1) is 25.0 Å². The summed E-state index contributed by atoms with van der Waals surface area (Å²) in [5.74, 6) is -7.53. The summed E-state index contributed by atoms with van der Waals surface area (Å²) in [6, 6.07) is -5.79. The summed E-state index contributed by atoms with van der Waals surface area (Å²) in [6.45, 7) is 1.65. The highest BCUT2D eigenvalue weighted by atomic mass is 16.4. The summed E-state index contributed by atoms with van der Waals surface area (Å²) in [5.41, 5.74) is 0. The summed E-state index contributed by atoms with van der Waals surface area (Å²) in [5, 5.41) is 45.6. The zero-order chi connectivity index (χ0) is 23.7. The SMILES string of the molecule is CC(O)C(NC(=O)C(CC(=O)O)NC(=O)C(CC(=O)O)NC(=O)C1CCCN1)C(=O)O. The van der Waals surface area contributed by atoms with Crippen molar-refractivity contribution < 1.29 is 49.2 Å². The Balaban J connectivity index is 2.94. The van der Waals surface area contributed by atoms with E-state index in [0.717, 1.165) is 6.92 Å². The van der Waals surface area contributed by atoms with E-state index in [9.17, 15) is 33.9 Å². The monoisotopic (exact) mass is 446 g/mol. The molecule has 0 aromatic carbocycles. The fraction of sp³-hybridized carbons (Fsp3) is 0.647. The lowest BCUT2D eigenvalue weighted by atomic mass is 10.1. The molecule has 0 radical (unpaired) electrons. The van der Waals surface area contributed by atoms with Crippen molar-refractivity contribution in [3.8, 4) is 0 Å². The van der Waals surface area contributed by atoms with Gasteiger partial charge in [-0.25, -0.2) is 4.79 Å². The first-order valence-corrected chi connectivity index (χ1v) is 9.41. The van der Waals surface area contributed by atoms with Crippen LogP contribution in [0.2, 0.25) is 0 Å². The van der Waals surface area contributed by atoms with E-state index in [1.165, 1.54) is 0 Å². The number of aliphatic hydroxyl groups excluding tert-OH is 1. The van der Waals surface area contributed by atoms with Crippen LogP contribution in [0.15, 0.2) is 0 Å². The molecule has 0 saturated carbocycles. The van der Waals surface area contributed by atoms with Crippen LogP contribution in [0.3, 0.4) is 0 Å². The Kier molecular flexibility index (Phi) is 9.82. The molecule has 3 amide bonds. The molecule has 1 aliphatic rings. The lowest BCUT2D eigenvalue weighted by Crippen LogP contribution is -2.58. The van der Waals surface area contributed by atoms with Crippen LogP contribution < -0.4 is 21.3 Å². The molecule has 174 valence electrons. The second-order valence-electron chi connectivity index (χ2n) is 7.03. The molecule has 5 atom stereocenters. The van der Waals surface area contributed by atoms with Crippen LogP contribution in [0.4, 0.5) is 0 Å². The maximum Gasteiger partial charge on any atom is 0.328 e. The average molecular weight is 446 g/mol. The van der Waals surface area contributed by atoms with Crippen LogP contribution in [0, 0.1) is 0 Å². The number of hydrogen-bond acceptors (Lipinski definition) is 8. The van der Waals surface area contributed by atoms with E-state index in [4.69, 9.17) is 15.3 Å². The van der Waals surface area contributed by atoms with Crippen LogP contribution >= 0.6 is 0 Å². The van der Waals surface area contributed by atoms with Crippen LogP contribution in [0.25, 0.3) is 0 Å². The van der Waals surface area contributed by atoms with Gasteiger partial charge in [-0.3, -0.25) is 24.0 Å². The molecule has 1 fully saturated rings. The summed E-state index contributed by atoms with van der Waals surface area (Å²) >= 11 is 0. The van der Waals surface area contributed by atoms with Crippen molar-refractivity contribution in [1.82, 2.24) is 21.3 Å². The molecule has 1 heterocycles. The first-order valence-electron chi connectivity index (χ1n) is 9.41. The van der Waals surface area contributed by atoms with E-state index in [2.05, 4.69) is 10.6 Å². The Bertz CT molecular complexity index is 720. The molecule has 8 N–H and O–H groups in total. The number of nitrogens with one attached hydrogen (secondary N) is 4. The number of carbonyl (C=O) groups excluding carboxylic acids is 3. The van der Waals surface area contributed by atoms with Gasteiger partial charge in [0, 0.05) is 0 Å². The number of hydrogen-bond donors (Lipinski definition) is 8. The van der Waals surface area contributed by atoms with Gasteiger partial charge in [-0.15, -0.1) is 0 Å². The number of carbonyl (C=O) groups is 6. The van der Waals surface area contributed by atoms with Crippen LogP contribution in [-0.4, -0.2) is 92.9 Å². The van der Waals surface area contributed by atoms with Gasteiger partial charge in [-0.1, -0.05) is 0 Å². The third kappa shape index (κ3) is 8.55. The Labute approximate surface area is 176 Å². The maximum atomic E-state index is 12.5. The smallest absolute Gasteiger partial charge is 0.328 e. The molecule has 31 heavy (non-hydrogen) atoms. The molecule has 0 spiro atoms. The van der Waals surface area contributed by atoms with Gasteiger partial charge in [0.25, 0.3) is 0 Å². The van der Waals surface area contributed by atoms with E-state index in [0.29, 0.717) is 19.4 Å². The zero-order valence-electron chi connectivity index (χ0n) is 16.7. The number of rotatable bonds is 12. The van der Waals surface area contributed by atoms with E-state index in [1.54, 1.807) is 0 Å². The quantitative estimate of drug-likeness (QED) is 0.147. The fourth-order valence-corrected chi connectivity index (χ4v) is 2.86. The molecule has 5 unspecified atom stereocenters. The molecule has 1 saturated heterocycles. The molecule has 0 aromatic heterocycles. The first-order chi connectivity index (χ1) is 14.4. The van der Waals surface area contributed by atoms with E-state index in [-0.39, 0.29) is 0 Å². The lowest BCUT2D eigenvalue weighted by Gasteiger charge is -2.24. The molecule has 0 aliphatic carbocycles. The number of carboxylic acids is 3. The highest BCUT2D eigenvalue weighted by Gasteiger charge is 2.34. The van der Waals surface area contributed by atoms with Crippen molar-refractivity contribution >= 4 is 35.6 Å². The van der Waals surface area contributed by atoms with E-state index >= 15 is 0 Å². The van der Waals surface area contributed by atoms with Crippen LogP contribution in [0.1, 0.15) is 32.6 Å². The molecular weight excluding hydrogens is 420 g/mol. The second-order valence-corrected chi connectivity index (χ2v) is 7.03. The lowest BCUT2D eigenvalue weighted by molar-refractivity contribution is -0.146. The van der Waals surface area contributed by atoms with E-state index < -0.39 is 78.7 Å². The van der Waals surface area contributed by atoms with Gasteiger partial charge >= 0.3 is 17.9 Å².